The molecule has 0 amide bonds. The number of fused-ring (bicyclic) bond motifs is 1. The predicted molar refractivity (Wildman–Crippen MR) is 138 cm³/mol. The highest BCUT2D eigenvalue weighted by Gasteiger charge is 2.38. The second kappa shape index (κ2) is 11.3. The quantitative estimate of drug-likeness (QED) is 0.426. The molecule has 37 heavy (non-hydrogen) atoms. The number of esters is 2. The number of aryl methyl sites for hydroxylation is 1. The average molecular weight is 556 g/mol. The van der Waals surface area contributed by atoms with Crippen LogP contribution in [0.25, 0.3) is 0 Å². The van der Waals surface area contributed by atoms with Crippen LogP contribution in [0, 0.1) is 5.92 Å². The molecule has 1 aliphatic heterocycles. The maximum atomic E-state index is 13.8. The number of carbonyl (C=O) groups excluding carboxylic acids is 2. The van der Waals surface area contributed by atoms with Crippen LogP contribution >= 0.6 is 11.6 Å². The summed E-state index contributed by atoms with van der Waals surface area (Å²) in [6, 6.07) is 4.91. The molecule has 0 saturated heterocycles. The first-order valence-corrected chi connectivity index (χ1v) is 14.0. The summed E-state index contributed by atoms with van der Waals surface area (Å²) in [6.07, 6.45) is 0.953. The van der Waals surface area contributed by atoms with E-state index in [4.69, 9.17) is 25.8 Å². The summed E-state index contributed by atoms with van der Waals surface area (Å²) in [5.41, 5.74) is 0.176. The Morgan fingerprint density at radius 1 is 1.27 bits per heavy atom. The van der Waals surface area contributed by atoms with Crippen LogP contribution in [0.1, 0.15) is 53.5 Å². The first kappa shape index (κ1) is 28.8. The number of benzene rings is 1. The van der Waals surface area contributed by atoms with E-state index < -0.39 is 33.6 Å². The van der Waals surface area contributed by atoms with Gasteiger partial charge in [-0.25, -0.2) is 8.42 Å². The van der Waals surface area contributed by atoms with Gasteiger partial charge in [-0.2, -0.15) is 5.10 Å². The topological polar surface area (TPSA) is 117 Å². The van der Waals surface area contributed by atoms with E-state index in [9.17, 15) is 18.0 Å². The lowest BCUT2D eigenvalue weighted by Gasteiger charge is -2.36. The molecule has 0 N–H and O–H groups in total. The standard InChI is InChI=1S/C25H34ClN3O7S/c1-7-28-15-21(23(26)27-28)37(32,33)29-14-18(11-16(3)24(31)34-8-2)35-20-10-9-17(12-19(20)29)13-22(30)36-25(4,5)6/h9-10,12,15-16,18H,7-8,11,13-14H2,1-6H3/t16-,18-/m0/s1. The molecular weight excluding hydrogens is 522 g/mol. The number of nitrogens with zero attached hydrogens (tertiary/aromatic N) is 3. The molecule has 0 radical (unpaired) electrons. The summed E-state index contributed by atoms with van der Waals surface area (Å²) in [5, 5.41) is 3.93. The molecule has 204 valence electrons. The molecule has 0 bridgehead atoms. The number of hydrogen-bond acceptors (Lipinski definition) is 8. The summed E-state index contributed by atoms with van der Waals surface area (Å²) in [6.45, 7) is 11.2. The van der Waals surface area contributed by atoms with E-state index in [-0.39, 0.29) is 47.7 Å². The Morgan fingerprint density at radius 3 is 2.57 bits per heavy atom. The molecule has 0 unspecified atom stereocenters. The van der Waals surface area contributed by atoms with Gasteiger partial charge in [0, 0.05) is 12.7 Å². The number of rotatable bonds is 9. The van der Waals surface area contributed by atoms with Crippen LogP contribution in [0.3, 0.4) is 0 Å². The zero-order chi connectivity index (χ0) is 27.5. The number of aromatic nitrogens is 2. The van der Waals surface area contributed by atoms with Crippen molar-refractivity contribution in [1.29, 1.82) is 0 Å². The molecule has 2 heterocycles. The van der Waals surface area contributed by atoms with Gasteiger partial charge >= 0.3 is 11.9 Å². The van der Waals surface area contributed by atoms with Gasteiger partial charge in [-0.3, -0.25) is 18.6 Å². The minimum absolute atomic E-state index is 0.0454. The molecule has 10 nitrogen and oxygen atoms in total. The molecule has 1 aromatic carbocycles. The van der Waals surface area contributed by atoms with Crippen molar-refractivity contribution in [3.63, 3.8) is 0 Å². The van der Waals surface area contributed by atoms with Crippen LogP contribution in [0.4, 0.5) is 5.69 Å². The molecule has 0 aliphatic carbocycles. The van der Waals surface area contributed by atoms with Gasteiger partial charge in [0.15, 0.2) is 5.15 Å². The van der Waals surface area contributed by atoms with Gasteiger partial charge in [-0.1, -0.05) is 24.6 Å². The summed E-state index contributed by atoms with van der Waals surface area (Å²) >= 11 is 6.22. The second-order valence-electron chi connectivity index (χ2n) is 9.87. The lowest BCUT2D eigenvalue weighted by atomic mass is 10.0. The van der Waals surface area contributed by atoms with Crippen molar-refractivity contribution in [2.75, 3.05) is 17.5 Å². The van der Waals surface area contributed by atoms with Crippen molar-refractivity contribution >= 4 is 39.3 Å². The Balaban J connectivity index is 2.00. The van der Waals surface area contributed by atoms with E-state index >= 15 is 0 Å². The molecule has 0 saturated carbocycles. The number of carbonyl (C=O) groups is 2. The summed E-state index contributed by atoms with van der Waals surface area (Å²) in [4.78, 5) is 24.5. The van der Waals surface area contributed by atoms with Gasteiger partial charge in [0.1, 0.15) is 22.4 Å². The first-order valence-electron chi connectivity index (χ1n) is 12.2. The highest BCUT2D eigenvalue weighted by molar-refractivity contribution is 7.93. The van der Waals surface area contributed by atoms with E-state index in [0.717, 1.165) is 0 Å². The van der Waals surface area contributed by atoms with Crippen molar-refractivity contribution < 1.29 is 32.2 Å². The first-order chi connectivity index (χ1) is 17.2. The van der Waals surface area contributed by atoms with E-state index in [2.05, 4.69) is 5.10 Å². The fraction of sp³-hybridized carbons (Fsp3) is 0.560. The molecule has 2 atom stereocenters. The second-order valence-corrected chi connectivity index (χ2v) is 12.1. The Labute approximate surface area is 222 Å². The number of halogens is 1. The zero-order valence-corrected chi connectivity index (χ0v) is 23.6. The summed E-state index contributed by atoms with van der Waals surface area (Å²) in [7, 11) is -4.16. The van der Waals surface area contributed by atoms with Gasteiger partial charge < -0.3 is 14.2 Å². The molecule has 1 aromatic heterocycles. The van der Waals surface area contributed by atoms with Gasteiger partial charge in [0.2, 0.25) is 0 Å². The van der Waals surface area contributed by atoms with Crippen molar-refractivity contribution in [3.05, 3.63) is 35.1 Å². The largest absolute Gasteiger partial charge is 0.486 e. The molecule has 0 fully saturated rings. The normalized spacial score (nSPS) is 16.5. The van der Waals surface area contributed by atoms with Crippen LogP contribution in [0.5, 0.6) is 5.75 Å². The number of sulfonamides is 1. The molecular formula is C25H34ClN3O7S. The van der Waals surface area contributed by atoms with Crippen LogP contribution < -0.4 is 9.04 Å². The number of hydrogen-bond donors (Lipinski definition) is 0. The van der Waals surface area contributed by atoms with E-state index in [1.54, 1.807) is 52.8 Å². The smallest absolute Gasteiger partial charge is 0.310 e. The molecule has 1 aliphatic rings. The minimum Gasteiger partial charge on any atom is -0.486 e. The predicted octanol–water partition coefficient (Wildman–Crippen LogP) is 3.99. The van der Waals surface area contributed by atoms with Crippen molar-refractivity contribution in [1.82, 2.24) is 9.78 Å². The van der Waals surface area contributed by atoms with Gasteiger partial charge in [-0.15, -0.1) is 0 Å². The maximum absolute atomic E-state index is 13.8. The van der Waals surface area contributed by atoms with Gasteiger partial charge in [0.25, 0.3) is 10.0 Å². The molecule has 2 aromatic rings. The lowest BCUT2D eigenvalue weighted by Crippen LogP contribution is -2.44. The average Bonchev–Trinajstić information content (AvgIpc) is 3.19. The van der Waals surface area contributed by atoms with Gasteiger partial charge in [-0.05, 0) is 58.7 Å². The fourth-order valence-corrected chi connectivity index (χ4v) is 5.92. The van der Waals surface area contributed by atoms with Crippen LogP contribution in [-0.4, -0.2) is 55.0 Å². The Bertz CT molecular complexity index is 1250. The third-order valence-electron chi connectivity index (χ3n) is 5.61. The van der Waals surface area contributed by atoms with E-state index in [1.165, 1.54) is 15.2 Å². The van der Waals surface area contributed by atoms with Crippen LogP contribution in [-0.2, 0) is 42.1 Å². The van der Waals surface area contributed by atoms with Crippen LogP contribution in [0.2, 0.25) is 5.15 Å². The molecule has 0 spiro atoms. The monoisotopic (exact) mass is 555 g/mol. The number of anilines is 1. The lowest BCUT2D eigenvalue weighted by molar-refractivity contribution is -0.154. The van der Waals surface area contributed by atoms with Gasteiger partial charge in [0.05, 0.1) is 31.2 Å². The van der Waals surface area contributed by atoms with Crippen LogP contribution in [0.15, 0.2) is 29.3 Å². The van der Waals surface area contributed by atoms with E-state index in [0.29, 0.717) is 17.9 Å². The zero-order valence-electron chi connectivity index (χ0n) is 22.0. The third kappa shape index (κ3) is 6.95. The summed E-state index contributed by atoms with van der Waals surface area (Å²) < 4.78 is 46.9. The van der Waals surface area contributed by atoms with Crippen molar-refractivity contribution in [2.24, 2.45) is 5.92 Å². The fourth-order valence-electron chi connectivity index (χ4n) is 3.97. The third-order valence-corrected chi connectivity index (χ3v) is 7.78. The Kier molecular flexibility index (Phi) is 8.79. The highest BCUT2D eigenvalue weighted by Crippen LogP contribution is 2.40. The minimum atomic E-state index is -4.16. The molecule has 12 heteroatoms. The maximum Gasteiger partial charge on any atom is 0.310 e. The number of ether oxygens (including phenoxy) is 3. The highest BCUT2D eigenvalue weighted by atomic mass is 35.5. The Morgan fingerprint density at radius 2 is 1.97 bits per heavy atom. The van der Waals surface area contributed by atoms with Crippen molar-refractivity contribution in [3.8, 4) is 5.75 Å². The molecule has 3 rings (SSSR count). The summed E-state index contributed by atoms with van der Waals surface area (Å²) in [5.74, 6) is -1.02. The van der Waals surface area contributed by atoms with Crippen molar-refractivity contribution in [2.45, 2.75) is 77.5 Å². The SMILES string of the molecule is CCOC(=O)[C@@H](C)C[C@H]1CN(S(=O)(=O)c2cn(CC)nc2Cl)c2cc(CC(=O)OC(C)(C)C)ccc2O1. The Hall–Kier alpha value is -2.79. The van der Waals surface area contributed by atoms with E-state index in [1.807, 2.05) is 6.92 Å².